The molecule has 1 aromatic carbocycles. The molecule has 5 rings (SSSR count). The number of carbonyl (C=O) groups excluding carboxylic acids is 2. The Labute approximate surface area is 208 Å². The van der Waals surface area contributed by atoms with Gasteiger partial charge in [0, 0.05) is 44.0 Å². The Morgan fingerprint density at radius 3 is 2.69 bits per heavy atom. The van der Waals surface area contributed by atoms with Crippen molar-refractivity contribution in [3.05, 3.63) is 41.5 Å². The number of benzene rings is 1. The minimum Gasteiger partial charge on any atom is -0.489 e. The van der Waals surface area contributed by atoms with Crippen molar-refractivity contribution in [1.29, 1.82) is 0 Å². The molecule has 0 aliphatic carbocycles. The van der Waals surface area contributed by atoms with Crippen molar-refractivity contribution >= 4 is 27.5 Å². The minimum absolute atomic E-state index is 0.00725. The van der Waals surface area contributed by atoms with Gasteiger partial charge >= 0.3 is 0 Å². The molecule has 2 N–H and O–H groups in total. The Bertz CT molecular complexity index is 1340. The first kappa shape index (κ1) is 24.7. The van der Waals surface area contributed by atoms with E-state index in [0.717, 1.165) is 0 Å². The first-order valence-corrected chi connectivity index (χ1v) is 13.3. The number of halogens is 1. The van der Waals surface area contributed by atoms with Crippen LogP contribution >= 0.6 is 0 Å². The summed E-state index contributed by atoms with van der Waals surface area (Å²) in [7, 11) is -2.44. The van der Waals surface area contributed by atoms with E-state index in [1.54, 1.807) is 18.9 Å². The van der Waals surface area contributed by atoms with Crippen molar-refractivity contribution in [2.45, 2.75) is 31.2 Å². The van der Waals surface area contributed by atoms with E-state index < -0.39 is 33.2 Å². The summed E-state index contributed by atoms with van der Waals surface area (Å²) < 4.78 is 55.6. The molecule has 0 bridgehead atoms. The van der Waals surface area contributed by atoms with Crippen LogP contribution in [0.3, 0.4) is 0 Å². The molecule has 0 saturated carbocycles. The van der Waals surface area contributed by atoms with Gasteiger partial charge in [-0.3, -0.25) is 9.59 Å². The summed E-state index contributed by atoms with van der Waals surface area (Å²) >= 11 is 0. The first-order valence-electron chi connectivity index (χ1n) is 11.8. The number of anilines is 1. The summed E-state index contributed by atoms with van der Waals surface area (Å²) in [5, 5.41) is 2.69. The molecule has 2 fully saturated rings. The van der Waals surface area contributed by atoms with Gasteiger partial charge in [-0.25, -0.2) is 17.5 Å². The Morgan fingerprint density at radius 2 is 2.03 bits per heavy atom. The minimum atomic E-state index is -4.00. The number of piperidine rings is 1. The molecule has 4 heterocycles. The van der Waals surface area contributed by atoms with Gasteiger partial charge in [0.1, 0.15) is 10.7 Å². The van der Waals surface area contributed by atoms with Crippen LogP contribution in [0.25, 0.3) is 0 Å². The quantitative estimate of drug-likeness (QED) is 0.635. The Kier molecular flexibility index (Phi) is 6.08. The topological polar surface area (TPSA) is 119 Å². The number of aryl methyl sites for hydroxylation is 2. The first-order chi connectivity index (χ1) is 17.0. The summed E-state index contributed by atoms with van der Waals surface area (Å²) in [6.45, 7) is 5.09. The molecular formula is C24H29FN4O6S. The Hall–Kier alpha value is -2.96. The van der Waals surface area contributed by atoms with Gasteiger partial charge in [0.15, 0.2) is 11.4 Å². The van der Waals surface area contributed by atoms with Crippen LogP contribution < -0.4 is 14.8 Å². The fourth-order valence-corrected chi connectivity index (χ4v) is 6.52. The maximum Gasteiger partial charge on any atom is 0.276 e. The SMILES string of the molecule is Cc1cc(NC(=O)c2c3c(cn2C)S(=O)(=O)N[C@@H]2CCN(C(=O)C4(C)COC4)C[C@@H]2CO3)ccc1F. The van der Waals surface area contributed by atoms with Crippen LogP contribution in [0.4, 0.5) is 10.1 Å². The molecule has 36 heavy (non-hydrogen) atoms. The van der Waals surface area contributed by atoms with Gasteiger partial charge in [0.2, 0.25) is 15.9 Å². The lowest BCUT2D eigenvalue weighted by Gasteiger charge is -2.45. The maximum absolute atomic E-state index is 13.6. The van der Waals surface area contributed by atoms with Gasteiger partial charge in [-0.15, -0.1) is 0 Å². The lowest BCUT2D eigenvalue weighted by atomic mass is 9.84. The zero-order chi connectivity index (χ0) is 25.8. The number of rotatable bonds is 3. The maximum atomic E-state index is 13.6. The van der Waals surface area contributed by atoms with Crippen molar-refractivity contribution in [2.24, 2.45) is 18.4 Å². The number of aromatic nitrogens is 1. The van der Waals surface area contributed by atoms with E-state index in [1.807, 2.05) is 6.92 Å². The van der Waals surface area contributed by atoms with Crippen molar-refractivity contribution in [3.63, 3.8) is 0 Å². The standard InChI is InChI=1S/C24H29FN4O6S/c1-14-8-16(4-5-17(14)25)26-22(30)20-21-19(10-28(20)3)36(32,33)27-18-6-7-29(9-15(18)11-35-21)23(31)24(2)12-34-13-24/h4-5,8,10,15,18,27H,6-7,9,11-13H2,1-3H3,(H,26,30)/t15-,18-/m1/s1. The lowest BCUT2D eigenvalue weighted by Crippen LogP contribution is -2.60. The van der Waals surface area contributed by atoms with Crippen LogP contribution in [0.5, 0.6) is 5.75 Å². The fraction of sp³-hybridized carbons (Fsp3) is 0.500. The molecular weight excluding hydrogens is 491 g/mol. The molecule has 0 spiro atoms. The zero-order valence-electron chi connectivity index (χ0n) is 20.3. The number of nitrogens with zero attached hydrogens (tertiary/aromatic N) is 2. The van der Waals surface area contributed by atoms with Gasteiger partial charge in [-0.2, -0.15) is 0 Å². The summed E-state index contributed by atoms with van der Waals surface area (Å²) in [4.78, 5) is 27.8. The monoisotopic (exact) mass is 520 g/mol. The number of hydrogen-bond donors (Lipinski definition) is 2. The molecule has 1 aromatic heterocycles. The van der Waals surface area contributed by atoms with E-state index in [-0.39, 0.29) is 34.8 Å². The predicted octanol–water partition coefficient (Wildman–Crippen LogP) is 1.65. The molecule has 12 heteroatoms. The molecule has 3 aliphatic heterocycles. The predicted molar refractivity (Wildman–Crippen MR) is 128 cm³/mol. The molecule has 194 valence electrons. The highest BCUT2D eigenvalue weighted by molar-refractivity contribution is 7.89. The van der Waals surface area contributed by atoms with Crippen molar-refractivity contribution in [1.82, 2.24) is 14.2 Å². The van der Waals surface area contributed by atoms with E-state index in [0.29, 0.717) is 44.0 Å². The Balaban J connectivity index is 1.41. The molecule has 0 unspecified atom stereocenters. The number of ether oxygens (including phenoxy) is 2. The van der Waals surface area contributed by atoms with E-state index in [9.17, 15) is 22.4 Å². The second-order valence-electron chi connectivity index (χ2n) is 10.1. The Morgan fingerprint density at radius 1 is 1.28 bits per heavy atom. The summed E-state index contributed by atoms with van der Waals surface area (Å²) in [6, 6.07) is 3.76. The number of carbonyl (C=O) groups is 2. The van der Waals surface area contributed by atoms with Crippen molar-refractivity contribution in [2.75, 3.05) is 38.2 Å². The van der Waals surface area contributed by atoms with Gasteiger partial charge in [0.05, 0.1) is 25.2 Å². The summed E-state index contributed by atoms with van der Waals surface area (Å²) in [5.74, 6) is -1.35. The molecule has 2 saturated heterocycles. The number of fused-ring (bicyclic) bond motifs is 2. The van der Waals surface area contributed by atoms with E-state index in [2.05, 4.69) is 10.0 Å². The van der Waals surface area contributed by atoms with Gasteiger partial charge in [0.25, 0.3) is 5.91 Å². The molecule has 2 aromatic rings. The van der Waals surface area contributed by atoms with Crippen molar-refractivity contribution in [3.8, 4) is 5.75 Å². The van der Waals surface area contributed by atoms with E-state index in [1.165, 1.54) is 29.0 Å². The van der Waals surface area contributed by atoms with Crippen LogP contribution in [0.1, 0.15) is 29.4 Å². The van der Waals surface area contributed by atoms with Crippen LogP contribution in [-0.2, 0) is 26.6 Å². The average molecular weight is 521 g/mol. The van der Waals surface area contributed by atoms with Gasteiger partial charge < -0.3 is 24.3 Å². The van der Waals surface area contributed by atoms with E-state index >= 15 is 0 Å². The number of amides is 2. The van der Waals surface area contributed by atoms with Crippen LogP contribution in [-0.4, -0.2) is 68.7 Å². The third-order valence-electron chi connectivity index (χ3n) is 7.15. The van der Waals surface area contributed by atoms with Crippen LogP contribution in [0, 0.1) is 24.1 Å². The largest absolute Gasteiger partial charge is 0.489 e. The van der Waals surface area contributed by atoms with Crippen LogP contribution in [0.2, 0.25) is 0 Å². The average Bonchev–Trinajstić information content (AvgIpc) is 3.14. The molecule has 0 radical (unpaired) electrons. The number of nitrogens with one attached hydrogen (secondary N) is 2. The third kappa shape index (κ3) is 4.27. The third-order valence-corrected chi connectivity index (χ3v) is 8.63. The molecule has 2 amide bonds. The highest BCUT2D eigenvalue weighted by Gasteiger charge is 2.46. The highest BCUT2D eigenvalue weighted by atomic mass is 32.2. The smallest absolute Gasteiger partial charge is 0.276 e. The number of sulfonamides is 1. The number of likely N-dealkylation sites (tertiary alicyclic amines) is 1. The van der Waals surface area contributed by atoms with Gasteiger partial charge in [-0.05, 0) is 44.0 Å². The lowest BCUT2D eigenvalue weighted by molar-refractivity contribution is -0.170. The normalized spacial score (nSPS) is 24.3. The number of hydrogen-bond acceptors (Lipinski definition) is 6. The van der Waals surface area contributed by atoms with E-state index in [4.69, 9.17) is 9.47 Å². The van der Waals surface area contributed by atoms with Crippen LogP contribution in [0.15, 0.2) is 29.3 Å². The molecule has 3 aliphatic rings. The highest BCUT2D eigenvalue weighted by Crippen LogP contribution is 2.36. The molecule has 2 atom stereocenters. The van der Waals surface area contributed by atoms with Crippen molar-refractivity contribution < 1.29 is 31.9 Å². The summed E-state index contributed by atoms with van der Waals surface area (Å²) in [5.41, 5.74) is 0.211. The molecule has 10 nitrogen and oxygen atoms in total. The fourth-order valence-electron chi connectivity index (χ4n) is 4.99. The second-order valence-corrected chi connectivity index (χ2v) is 11.8. The zero-order valence-corrected chi connectivity index (χ0v) is 21.2. The summed E-state index contributed by atoms with van der Waals surface area (Å²) in [6.07, 6.45) is 1.80. The second kappa shape index (κ2) is 8.86. The van der Waals surface area contributed by atoms with Gasteiger partial charge in [-0.1, -0.05) is 0 Å².